The summed E-state index contributed by atoms with van der Waals surface area (Å²) in [6, 6.07) is 4.54. The fraction of sp³-hybridized carbons (Fsp3) is 0.267. The second kappa shape index (κ2) is 4.97. The number of aromatic amines is 1. The van der Waals surface area contributed by atoms with Crippen LogP contribution in [0.3, 0.4) is 0 Å². The molecule has 0 radical (unpaired) electrons. The van der Waals surface area contributed by atoms with Gasteiger partial charge in [-0.05, 0) is 36.1 Å². The second-order valence-electron chi connectivity index (χ2n) is 4.76. The molecule has 0 spiro atoms. The van der Waals surface area contributed by atoms with Crippen molar-refractivity contribution >= 4 is 0 Å². The minimum Gasteiger partial charge on any atom is -0.380 e. The smallest absolute Gasteiger partial charge is 0.139 e. The van der Waals surface area contributed by atoms with Crippen LogP contribution in [0.25, 0.3) is 0 Å². The minimum atomic E-state index is -0.848. The average molecular weight is 258 g/mol. The lowest BCUT2D eigenvalue weighted by Crippen LogP contribution is -2.08. The van der Waals surface area contributed by atoms with Gasteiger partial charge < -0.3 is 10.1 Å². The summed E-state index contributed by atoms with van der Waals surface area (Å²) in [7, 11) is 0. The van der Waals surface area contributed by atoms with E-state index in [-0.39, 0.29) is 11.7 Å². The van der Waals surface area contributed by atoms with Crippen molar-refractivity contribution in [3.8, 4) is 0 Å². The van der Waals surface area contributed by atoms with E-state index in [1.54, 1.807) is 18.5 Å². The van der Waals surface area contributed by atoms with Crippen molar-refractivity contribution in [2.45, 2.75) is 24.9 Å². The zero-order chi connectivity index (χ0) is 13.2. The van der Waals surface area contributed by atoms with Gasteiger partial charge in [-0.1, -0.05) is 18.2 Å². The molecule has 0 saturated heterocycles. The molecule has 0 fully saturated rings. The topological polar surface area (TPSA) is 48.9 Å². The first-order valence-corrected chi connectivity index (χ1v) is 6.39. The standard InChI is InChI=1S/C15H15FN2O/c16-11-5-6-12(14(19)15-17-7-8-18-15)13(9-11)10-3-1-2-4-10/h1,3,5-10,14,19H,2,4H2,(H,17,18). The first kappa shape index (κ1) is 12.1. The fourth-order valence-corrected chi connectivity index (χ4v) is 2.58. The molecule has 98 valence electrons. The molecule has 2 N–H and O–H groups in total. The van der Waals surface area contributed by atoms with Crippen molar-refractivity contribution in [1.29, 1.82) is 0 Å². The first-order valence-electron chi connectivity index (χ1n) is 6.39. The van der Waals surface area contributed by atoms with E-state index in [1.807, 2.05) is 0 Å². The van der Waals surface area contributed by atoms with E-state index in [0.717, 1.165) is 18.4 Å². The highest BCUT2D eigenvalue weighted by Crippen LogP contribution is 2.34. The van der Waals surface area contributed by atoms with Gasteiger partial charge in [0.25, 0.3) is 0 Å². The van der Waals surface area contributed by atoms with Crippen LogP contribution in [0.5, 0.6) is 0 Å². The second-order valence-corrected chi connectivity index (χ2v) is 4.76. The largest absolute Gasteiger partial charge is 0.380 e. The Labute approximate surface area is 110 Å². The number of nitrogens with one attached hydrogen (secondary N) is 1. The molecular formula is C15H15FN2O. The highest BCUT2D eigenvalue weighted by Gasteiger charge is 2.22. The Kier molecular flexibility index (Phi) is 3.17. The molecule has 1 aromatic carbocycles. The van der Waals surface area contributed by atoms with Gasteiger partial charge in [-0.2, -0.15) is 0 Å². The van der Waals surface area contributed by atoms with Crippen molar-refractivity contribution in [1.82, 2.24) is 9.97 Å². The number of aromatic nitrogens is 2. The number of imidazole rings is 1. The third kappa shape index (κ3) is 2.31. The molecule has 1 aromatic heterocycles. The maximum atomic E-state index is 13.5. The molecule has 0 amide bonds. The van der Waals surface area contributed by atoms with E-state index in [9.17, 15) is 9.50 Å². The van der Waals surface area contributed by atoms with E-state index in [1.165, 1.54) is 12.1 Å². The molecule has 0 bridgehead atoms. The molecule has 1 heterocycles. The van der Waals surface area contributed by atoms with E-state index in [2.05, 4.69) is 22.1 Å². The molecule has 2 aromatic rings. The van der Waals surface area contributed by atoms with Crippen LogP contribution in [-0.2, 0) is 0 Å². The maximum Gasteiger partial charge on any atom is 0.139 e. The molecular weight excluding hydrogens is 243 g/mol. The lowest BCUT2D eigenvalue weighted by molar-refractivity contribution is 0.209. The first-order chi connectivity index (χ1) is 9.25. The van der Waals surface area contributed by atoms with Crippen LogP contribution in [0.1, 0.15) is 41.8 Å². The van der Waals surface area contributed by atoms with Crippen molar-refractivity contribution in [3.63, 3.8) is 0 Å². The van der Waals surface area contributed by atoms with E-state index >= 15 is 0 Å². The summed E-state index contributed by atoms with van der Waals surface area (Å²) in [6.45, 7) is 0. The highest BCUT2D eigenvalue weighted by molar-refractivity contribution is 5.38. The Balaban J connectivity index is 2.02. The number of aliphatic hydroxyl groups is 1. The molecule has 1 aliphatic rings. The Morgan fingerprint density at radius 2 is 2.32 bits per heavy atom. The van der Waals surface area contributed by atoms with Crippen LogP contribution >= 0.6 is 0 Å². The molecule has 2 atom stereocenters. The van der Waals surface area contributed by atoms with E-state index < -0.39 is 6.10 Å². The van der Waals surface area contributed by atoms with Gasteiger partial charge in [0.15, 0.2) is 0 Å². The van der Waals surface area contributed by atoms with Gasteiger partial charge in [0, 0.05) is 18.3 Å². The summed E-state index contributed by atoms with van der Waals surface area (Å²) in [6.07, 6.45) is 8.54. The van der Waals surface area contributed by atoms with E-state index in [4.69, 9.17) is 0 Å². The molecule has 19 heavy (non-hydrogen) atoms. The van der Waals surface area contributed by atoms with Crippen LogP contribution in [0.15, 0.2) is 42.7 Å². The number of nitrogens with zero attached hydrogens (tertiary/aromatic N) is 1. The summed E-state index contributed by atoms with van der Waals surface area (Å²) in [5, 5.41) is 10.4. The Morgan fingerprint density at radius 1 is 1.42 bits per heavy atom. The predicted molar refractivity (Wildman–Crippen MR) is 70.2 cm³/mol. The predicted octanol–water partition coefficient (Wildman–Crippen LogP) is 3.06. The van der Waals surface area contributed by atoms with Crippen molar-refractivity contribution in [3.05, 3.63) is 65.5 Å². The monoisotopic (exact) mass is 258 g/mol. The number of hydrogen-bond acceptors (Lipinski definition) is 2. The number of H-pyrrole nitrogens is 1. The number of halogens is 1. The molecule has 1 aliphatic carbocycles. The zero-order valence-corrected chi connectivity index (χ0v) is 10.4. The molecule has 3 nitrogen and oxygen atoms in total. The number of allylic oxidation sites excluding steroid dienone is 2. The van der Waals surface area contributed by atoms with Crippen LogP contribution in [0, 0.1) is 5.82 Å². The van der Waals surface area contributed by atoms with Crippen molar-refractivity contribution < 1.29 is 9.50 Å². The van der Waals surface area contributed by atoms with Crippen LogP contribution in [0.2, 0.25) is 0 Å². The highest BCUT2D eigenvalue weighted by atomic mass is 19.1. The van der Waals surface area contributed by atoms with Crippen molar-refractivity contribution in [2.75, 3.05) is 0 Å². The molecule has 0 aliphatic heterocycles. The Hall–Kier alpha value is -1.94. The quantitative estimate of drug-likeness (QED) is 0.831. The van der Waals surface area contributed by atoms with Gasteiger partial charge in [0.2, 0.25) is 0 Å². The van der Waals surface area contributed by atoms with Crippen LogP contribution in [0.4, 0.5) is 4.39 Å². The number of rotatable bonds is 3. The van der Waals surface area contributed by atoms with Gasteiger partial charge in [0.1, 0.15) is 17.7 Å². The number of aliphatic hydroxyl groups excluding tert-OH is 1. The summed E-state index contributed by atoms with van der Waals surface area (Å²) in [5.74, 6) is 0.385. The summed E-state index contributed by atoms with van der Waals surface area (Å²) in [4.78, 5) is 6.96. The Bertz CT molecular complexity index is 592. The molecule has 2 unspecified atom stereocenters. The third-order valence-corrected chi connectivity index (χ3v) is 3.53. The molecule has 4 heteroatoms. The third-order valence-electron chi connectivity index (χ3n) is 3.53. The summed E-state index contributed by atoms with van der Waals surface area (Å²) < 4.78 is 13.5. The van der Waals surface area contributed by atoms with E-state index in [0.29, 0.717) is 11.4 Å². The minimum absolute atomic E-state index is 0.176. The lowest BCUT2D eigenvalue weighted by Gasteiger charge is -2.17. The van der Waals surface area contributed by atoms with Crippen LogP contribution in [-0.4, -0.2) is 15.1 Å². The average Bonchev–Trinajstić information content (AvgIpc) is 3.11. The fourth-order valence-electron chi connectivity index (χ4n) is 2.58. The normalized spacial score (nSPS) is 19.8. The summed E-state index contributed by atoms with van der Waals surface area (Å²) >= 11 is 0. The van der Waals surface area contributed by atoms with Crippen LogP contribution < -0.4 is 0 Å². The molecule has 0 saturated carbocycles. The number of benzene rings is 1. The maximum absolute atomic E-state index is 13.5. The molecule has 3 rings (SSSR count). The van der Waals surface area contributed by atoms with Gasteiger partial charge in [0.05, 0.1) is 0 Å². The van der Waals surface area contributed by atoms with Gasteiger partial charge in [-0.3, -0.25) is 0 Å². The van der Waals surface area contributed by atoms with Gasteiger partial charge in [-0.25, -0.2) is 9.37 Å². The Morgan fingerprint density at radius 3 is 3.00 bits per heavy atom. The van der Waals surface area contributed by atoms with Crippen molar-refractivity contribution in [2.24, 2.45) is 0 Å². The number of hydrogen-bond donors (Lipinski definition) is 2. The zero-order valence-electron chi connectivity index (χ0n) is 10.4. The summed E-state index contributed by atoms with van der Waals surface area (Å²) in [5.41, 5.74) is 1.56. The van der Waals surface area contributed by atoms with Gasteiger partial charge >= 0.3 is 0 Å². The van der Waals surface area contributed by atoms with Gasteiger partial charge in [-0.15, -0.1) is 0 Å². The SMILES string of the molecule is OC(c1ncc[nH]1)c1ccc(F)cc1C1C=CCC1. The lowest BCUT2D eigenvalue weighted by atomic mass is 9.91.